The number of hydrogen-bond acceptors (Lipinski definition) is 5. The molecule has 1 aromatic rings. The van der Waals surface area contributed by atoms with Crippen molar-refractivity contribution >= 4 is 28.5 Å². The number of thiocarbonyl (C=S) groups is 1. The number of hydrazine groups is 1. The molecule has 0 saturated carbocycles. The third-order valence-corrected chi connectivity index (χ3v) is 2.14. The first kappa shape index (κ1) is 8.51. The molecule has 0 radical (unpaired) electrons. The van der Waals surface area contributed by atoms with E-state index in [0.717, 1.165) is 10.0 Å². The van der Waals surface area contributed by atoms with Crippen molar-refractivity contribution in [1.82, 2.24) is 15.6 Å². The van der Waals surface area contributed by atoms with E-state index in [1.54, 1.807) is 0 Å². The molecule has 1 aromatic heterocycles. The molecule has 11 heavy (non-hydrogen) atoms. The van der Waals surface area contributed by atoms with Crippen molar-refractivity contribution in [2.45, 2.75) is 13.3 Å². The van der Waals surface area contributed by atoms with Crippen molar-refractivity contribution in [2.24, 2.45) is 5.84 Å². The van der Waals surface area contributed by atoms with Gasteiger partial charge < -0.3 is 5.43 Å². The van der Waals surface area contributed by atoms with Crippen molar-refractivity contribution < 1.29 is 0 Å². The van der Waals surface area contributed by atoms with E-state index in [0.29, 0.717) is 11.4 Å². The highest BCUT2D eigenvalue weighted by Crippen LogP contribution is 2.08. The smallest absolute Gasteiger partial charge is 0.124 e. The van der Waals surface area contributed by atoms with Crippen LogP contribution in [0.25, 0.3) is 0 Å². The van der Waals surface area contributed by atoms with Crippen LogP contribution in [-0.4, -0.2) is 15.2 Å². The van der Waals surface area contributed by atoms with Gasteiger partial charge in [-0.2, -0.15) is 0 Å². The molecule has 0 unspecified atom stereocenters. The lowest BCUT2D eigenvalue weighted by Gasteiger charge is -1.95. The number of rotatable bonds is 2. The Bertz CT molecular complexity index is 257. The highest BCUT2D eigenvalue weighted by molar-refractivity contribution is 7.80. The minimum Gasteiger partial charge on any atom is -0.318 e. The minimum absolute atomic E-state index is 0.581. The molecule has 0 aliphatic heterocycles. The molecule has 3 N–H and O–H groups in total. The summed E-state index contributed by atoms with van der Waals surface area (Å²) in [6, 6.07) is 0. The Hall–Kier alpha value is -0.590. The van der Waals surface area contributed by atoms with Crippen molar-refractivity contribution in [1.29, 1.82) is 0 Å². The monoisotopic (exact) mass is 188 g/mol. The first-order valence-corrected chi connectivity index (χ1v) is 4.23. The molecule has 0 aliphatic rings. The quantitative estimate of drug-likeness (QED) is 0.394. The average Bonchev–Trinajstić information content (AvgIpc) is 2.35. The van der Waals surface area contributed by atoms with Crippen LogP contribution >= 0.6 is 23.6 Å². The van der Waals surface area contributed by atoms with Crippen LogP contribution in [-0.2, 0) is 6.42 Å². The molecule has 1 heterocycles. The van der Waals surface area contributed by atoms with Gasteiger partial charge in [0.25, 0.3) is 0 Å². The Kier molecular flexibility index (Phi) is 2.86. The van der Waals surface area contributed by atoms with Crippen molar-refractivity contribution in [3.63, 3.8) is 0 Å². The molecular weight excluding hydrogens is 180 g/mol. The molecule has 0 atom stereocenters. The summed E-state index contributed by atoms with van der Waals surface area (Å²) in [5.74, 6) is 5.09. The van der Waals surface area contributed by atoms with Crippen LogP contribution < -0.4 is 11.3 Å². The Morgan fingerprint density at radius 1 is 1.73 bits per heavy atom. The van der Waals surface area contributed by atoms with Crippen LogP contribution in [0.2, 0.25) is 0 Å². The van der Waals surface area contributed by atoms with E-state index in [4.69, 9.17) is 18.1 Å². The summed E-state index contributed by atoms with van der Waals surface area (Å²) in [7, 11) is 0. The second-order valence-electron chi connectivity index (χ2n) is 1.96. The Morgan fingerprint density at radius 2 is 2.45 bits per heavy atom. The van der Waals surface area contributed by atoms with Crippen LogP contribution in [0.5, 0.6) is 0 Å². The molecule has 0 aromatic carbocycles. The van der Waals surface area contributed by atoms with E-state index in [1.165, 1.54) is 11.3 Å². The Morgan fingerprint density at radius 3 is 2.91 bits per heavy atom. The van der Waals surface area contributed by atoms with Crippen LogP contribution in [0.15, 0.2) is 0 Å². The van der Waals surface area contributed by atoms with E-state index in [1.807, 2.05) is 6.92 Å². The van der Waals surface area contributed by atoms with E-state index in [9.17, 15) is 0 Å². The van der Waals surface area contributed by atoms with Gasteiger partial charge in [-0.3, -0.25) is 5.84 Å². The number of hydrogen-bond donors (Lipinski definition) is 2. The van der Waals surface area contributed by atoms with Gasteiger partial charge in [-0.15, -0.1) is 21.5 Å². The molecule has 0 fully saturated rings. The topological polar surface area (TPSA) is 63.8 Å². The SMILES string of the molecule is Cc1nnc(CC(=S)NN)s1. The van der Waals surface area contributed by atoms with Gasteiger partial charge in [0.05, 0.1) is 11.4 Å². The summed E-state index contributed by atoms with van der Waals surface area (Å²) in [5.41, 5.74) is 2.39. The van der Waals surface area contributed by atoms with Gasteiger partial charge in [0.1, 0.15) is 10.0 Å². The van der Waals surface area contributed by atoms with Crippen molar-refractivity contribution in [2.75, 3.05) is 0 Å². The minimum atomic E-state index is 0.581. The van der Waals surface area contributed by atoms with Crippen molar-refractivity contribution in [3.8, 4) is 0 Å². The molecular formula is C5H8N4S2. The molecule has 0 amide bonds. The van der Waals surface area contributed by atoms with Gasteiger partial charge >= 0.3 is 0 Å². The van der Waals surface area contributed by atoms with Gasteiger partial charge in [-0.1, -0.05) is 12.2 Å². The zero-order chi connectivity index (χ0) is 8.27. The summed E-state index contributed by atoms with van der Waals surface area (Å²) < 4.78 is 0. The van der Waals surface area contributed by atoms with Crippen LogP contribution in [0, 0.1) is 6.92 Å². The van der Waals surface area contributed by atoms with Gasteiger partial charge in [0.15, 0.2) is 0 Å². The molecule has 60 valence electrons. The fourth-order valence-electron chi connectivity index (χ4n) is 0.597. The third kappa shape index (κ3) is 2.49. The highest BCUT2D eigenvalue weighted by atomic mass is 32.1. The van der Waals surface area contributed by atoms with Crippen molar-refractivity contribution in [3.05, 3.63) is 10.0 Å². The van der Waals surface area contributed by atoms with Crippen LogP contribution in [0.3, 0.4) is 0 Å². The average molecular weight is 188 g/mol. The molecule has 0 saturated heterocycles. The Balaban J connectivity index is 2.57. The lowest BCUT2D eigenvalue weighted by atomic mass is 10.5. The molecule has 0 bridgehead atoms. The summed E-state index contributed by atoms with van der Waals surface area (Å²) in [6.07, 6.45) is 0.581. The standard InChI is InChI=1S/C5H8N4S2/c1-3-8-9-5(11-3)2-4(10)7-6/h2,6H2,1H3,(H,7,10). The summed E-state index contributed by atoms with van der Waals surface area (Å²) >= 11 is 6.38. The summed E-state index contributed by atoms with van der Waals surface area (Å²) in [5, 5.41) is 9.57. The number of nitrogens with zero attached hydrogens (tertiary/aromatic N) is 2. The predicted molar refractivity (Wildman–Crippen MR) is 48.3 cm³/mol. The largest absolute Gasteiger partial charge is 0.318 e. The maximum Gasteiger partial charge on any atom is 0.124 e. The van der Waals surface area contributed by atoms with Gasteiger partial charge in [0, 0.05) is 0 Å². The normalized spacial score (nSPS) is 9.64. The third-order valence-electron chi connectivity index (χ3n) is 1.04. The lowest BCUT2D eigenvalue weighted by molar-refractivity contribution is 0.971. The molecule has 1 rings (SSSR count). The van der Waals surface area contributed by atoms with Gasteiger partial charge in [0.2, 0.25) is 0 Å². The fraction of sp³-hybridized carbons (Fsp3) is 0.400. The van der Waals surface area contributed by atoms with E-state index in [-0.39, 0.29) is 0 Å². The van der Waals surface area contributed by atoms with Crippen LogP contribution in [0.1, 0.15) is 10.0 Å². The summed E-state index contributed by atoms with van der Waals surface area (Å²) in [4.78, 5) is 0.584. The summed E-state index contributed by atoms with van der Waals surface area (Å²) in [6.45, 7) is 1.90. The number of nitrogens with one attached hydrogen (secondary N) is 1. The number of aryl methyl sites for hydroxylation is 1. The first-order valence-electron chi connectivity index (χ1n) is 3.01. The predicted octanol–water partition coefficient (Wildman–Crippen LogP) is 0.180. The Labute approximate surface area is 73.8 Å². The van der Waals surface area contributed by atoms with E-state index < -0.39 is 0 Å². The number of aromatic nitrogens is 2. The maximum absolute atomic E-state index is 5.09. The van der Waals surface area contributed by atoms with Gasteiger partial charge in [-0.25, -0.2) is 0 Å². The van der Waals surface area contributed by atoms with E-state index in [2.05, 4.69) is 15.6 Å². The molecule has 6 heteroatoms. The fourth-order valence-corrected chi connectivity index (χ4v) is 1.55. The first-order chi connectivity index (χ1) is 5.22. The zero-order valence-electron chi connectivity index (χ0n) is 6.00. The molecule has 0 spiro atoms. The maximum atomic E-state index is 5.09. The molecule has 4 nitrogen and oxygen atoms in total. The molecule has 0 aliphatic carbocycles. The highest BCUT2D eigenvalue weighted by Gasteiger charge is 2.02. The number of nitrogens with two attached hydrogens (primary N) is 1. The van der Waals surface area contributed by atoms with Gasteiger partial charge in [-0.05, 0) is 6.92 Å². The van der Waals surface area contributed by atoms with E-state index >= 15 is 0 Å². The van der Waals surface area contributed by atoms with Crippen LogP contribution in [0.4, 0.5) is 0 Å². The zero-order valence-corrected chi connectivity index (χ0v) is 7.63. The second-order valence-corrected chi connectivity index (χ2v) is 3.72. The second kappa shape index (κ2) is 3.70. The lowest BCUT2D eigenvalue weighted by Crippen LogP contribution is -2.29.